The van der Waals surface area contributed by atoms with Crippen molar-refractivity contribution < 1.29 is 4.79 Å². The van der Waals surface area contributed by atoms with Crippen LogP contribution >= 0.6 is 0 Å². The monoisotopic (exact) mass is 329 g/mol. The minimum absolute atomic E-state index is 0.0723. The lowest BCUT2D eigenvalue weighted by Gasteiger charge is -2.19. The SMILES string of the molecule is O=C(Cc1ccccc1)NC(Cc1ccccc1)Cc1ccccc1. The third-order valence-corrected chi connectivity index (χ3v) is 4.22. The van der Waals surface area contributed by atoms with Crippen molar-refractivity contribution in [2.75, 3.05) is 0 Å². The van der Waals surface area contributed by atoms with Gasteiger partial charge < -0.3 is 5.32 Å². The van der Waals surface area contributed by atoms with Crippen LogP contribution in [-0.4, -0.2) is 11.9 Å². The second-order valence-electron chi connectivity index (χ2n) is 6.31. The van der Waals surface area contributed by atoms with Crippen molar-refractivity contribution in [2.24, 2.45) is 0 Å². The number of nitrogens with one attached hydrogen (secondary N) is 1. The maximum absolute atomic E-state index is 12.5. The fraction of sp³-hybridized carbons (Fsp3) is 0.174. The van der Waals surface area contributed by atoms with Gasteiger partial charge in [-0.1, -0.05) is 91.0 Å². The van der Waals surface area contributed by atoms with E-state index in [0.29, 0.717) is 6.42 Å². The van der Waals surface area contributed by atoms with Crippen molar-refractivity contribution in [1.82, 2.24) is 5.32 Å². The summed E-state index contributed by atoms with van der Waals surface area (Å²) in [5.41, 5.74) is 3.52. The molecule has 0 unspecified atom stereocenters. The zero-order valence-corrected chi connectivity index (χ0v) is 14.3. The van der Waals surface area contributed by atoms with E-state index in [9.17, 15) is 4.79 Å². The van der Waals surface area contributed by atoms with Gasteiger partial charge in [0, 0.05) is 6.04 Å². The summed E-state index contributed by atoms with van der Waals surface area (Å²) in [6.07, 6.45) is 2.08. The first kappa shape index (κ1) is 17.0. The summed E-state index contributed by atoms with van der Waals surface area (Å²) in [5, 5.41) is 3.22. The second kappa shape index (κ2) is 8.84. The third-order valence-electron chi connectivity index (χ3n) is 4.22. The molecule has 3 aromatic rings. The number of benzene rings is 3. The topological polar surface area (TPSA) is 29.1 Å². The Balaban J connectivity index is 1.68. The summed E-state index contributed by atoms with van der Waals surface area (Å²) in [7, 11) is 0. The van der Waals surface area contributed by atoms with Gasteiger partial charge in [0.15, 0.2) is 0 Å². The zero-order chi connectivity index (χ0) is 17.3. The van der Waals surface area contributed by atoms with Crippen molar-refractivity contribution >= 4 is 5.91 Å². The molecule has 3 aromatic carbocycles. The fourth-order valence-electron chi connectivity index (χ4n) is 3.03. The first-order chi connectivity index (χ1) is 12.3. The Morgan fingerprint density at radius 3 is 1.48 bits per heavy atom. The van der Waals surface area contributed by atoms with Crippen LogP contribution in [0.5, 0.6) is 0 Å². The van der Waals surface area contributed by atoms with Gasteiger partial charge in [-0.3, -0.25) is 4.79 Å². The van der Waals surface area contributed by atoms with E-state index < -0.39 is 0 Å². The quantitative estimate of drug-likeness (QED) is 0.691. The van der Waals surface area contributed by atoms with Crippen LogP contribution in [-0.2, 0) is 24.1 Å². The van der Waals surface area contributed by atoms with Gasteiger partial charge in [-0.25, -0.2) is 0 Å². The smallest absolute Gasteiger partial charge is 0.224 e. The van der Waals surface area contributed by atoms with E-state index in [0.717, 1.165) is 18.4 Å². The van der Waals surface area contributed by atoms with Gasteiger partial charge in [-0.15, -0.1) is 0 Å². The molecule has 0 bridgehead atoms. The highest BCUT2D eigenvalue weighted by Gasteiger charge is 2.14. The van der Waals surface area contributed by atoms with Crippen molar-refractivity contribution in [1.29, 1.82) is 0 Å². The lowest BCUT2D eigenvalue weighted by Crippen LogP contribution is -2.39. The molecule has 25 heavy (non-hydrogen) atoms. The summed E-state index contributed by atoms with van der Waals surface area (Å²) in [6, 6.07) is 30.6. The second-order valence-corrected chi connectivity index (χ2v) is 6.31. The largest absolute Gasteiger partial charge is 0.352 e. The molecule has 0 fully saturated rings. The lowest BCUT2D eigenvalue weighted by molar-refractivity contribution is -0.121. The highest BCUT2D eigenvalue weighted by molar-refractivity contribution is 5.78. The number of carbonyl (C=O) groups excluding carboxylic acids is 1. The molecular formula is C23H23NO. The van der Waals surface area contributed by atoms with Crippen molar-refractivity contribution in [3.63, 3.8) is 0 Å². The lowest BCUT2D eigenvalue weighted by atomic mass is 9.98. The van der Waals surface area contributed by atoms with Gasteiger partial charge in [0.25, 0.3) is 0 Å². The van der Waals surface area contributed by atoms with Crippen LogP contribution < -0.4 is 5.32 Å². The molecule has 0 radical (unpaired) electrons. The summed E-state index contributed by atoms with van der Waals surface area (Å²) in [5.74, 6) is 0.0723. The first-order valence-electron chi connectivity index (χ1n) is 8.71. The molecule has 2 heteroatoms. The Kier molecular flexibility index (Phi) is 6.00. The number of amides is 1. The van der Waals surface area contributed by atoms with Gasteiger partial charge in [0.2, 0.25) is 5.91 Å². The van der Waals surface area contributed by atoms with Crippen LogP contribution in [0.25, 0.3) is 0 Å². The number of rotatable bonds is 7. The molecule has 0 aliphatic carbocycles. The van der Waals surface area contributed by atoms with E-state index in [-0.39, 0.29) is 11.9 Å². The summed E-state index contributed by atoms with van der Waals surface area (Å²) in [4.78, 5) is 12.5. The molecule has 0 saturated heterocycles. The third kappa shape index (κ3) is 5.61. The van der Waals surface area contributed by atoms with Crippen LogP contribution in [0.1, 0.15) is 16.7 Å². The normalized spacial score (nSPS) is 10.6. The van der Waals surface area contributed by atoms with Gasteiger partial charge in [0.1, 0.15) is 0 Å². The maximum atomic E-state index is 12.5. The average molecular weight is 329 g/mol. The molecule has 0 saturated carbocycles. The van der Waals surface area contributed by atoms with Crippen LogP contribution in [0.4, 0.5) is 0 Å². The molecule has 1 N–H and O–H groups in total. The van der Waals surface area contributed by atoms with Gasteiger partial charge >= 0.3 is 0 Å². The Labute approximate surface area is 149 Å². The predicted molar refractivity (Wildman–Crippen MR) is 102 cm³/mol. The van der Waals surface area contributed by atoms with Crippen molar-refractivity contribution in [3.05, 3.63) is 108 Å². The maximum Gasteiger partial charge on any atom is 0.224 e. The van der Waals surface area contributed by atoms with E-state index in [1.807, 2.05) is 66.7 Å². The van der Waals surface area contributed by atoms with E-state index >= 15 is 0 Å². The Morgan fingerprint density at radius 1 is 0.640 bits per heavy atom. The van der Waals surface area contributed by atoms with E-state index in [2.05, 4.69) is 29.6 Å². The van der Waals surface area contributed by atoms with Crippen LogP contribution in [0.15, 0.2) is 91.0 Å². The van der Waals surface area contributed by atoms with Crippen LogP contribution in [0, 0.1) is 0 Å². The van der Waals surface area contributed by atoms with Crippen LogP contribution in [0.3, 0.4) is 0 Å². The first-order valence-corrected chi connectivity index (χ1v) is 8.71. The highest BCUT2D eigenvalue weighted by Crippen LogP contribution is 2.10. The molecule has 1 amide bonds. The Hall–Kier alpha value is -2.87. The molecule has 3 rings (SSSR count). The fourth-order valence-corrected chi connectivity index (χ4v) is 3.03. The molecule has 0 spiro atoms. The standard InChI is InChI=1S/C23H23NO/c25-23(18-21-14-8-3-9-15-21)24-22(16-19-10-4-1-5-11-19)17-20-12-6-2-7-13-20/h1-15,22H,16-18H2,(H,24,25). The Bertz CT molecular complexity index is 727. The summed E-state index contributed by atoms with van der Waals surface area (Å²) < 4.78 is 0. The summed E-state index contributed by atoms with van der Waals surface area (Å²) >= 11 is 0. The molecule has 0 atom stereocenters. The highest BCUT2D eigenvalue weighted by atomic mass is 16.1. The van der Waals surface area contributed by atoms with E-state index in [1.165, 1.54) is 11.1 Å². The molecule has 2 nitrogen and oxygen atoms in total. The molecular weight excluding hydrogens is 306 g/mol. The Morgan fingerprint density at radius 2 is 1.04 bits per heavy atom. The van der Waals surface area contributed by atoms with E-state index in [4.69, 9.17) is 0 Å². The van der Waals surface area contributed by atoms with Crippen molar-refractivity contribution in [2.45, 2.75) is 25.3 Å². The van der Waals surface area contributed by atoms with E-state index in [1.54, 1.807) is 0 Å². The van der Waals surface area contributed by atoms with Crippen molar-refractivity contribution in [3.8, 4) is 0 Å². The zero-order valence-electron chi connectivity index (χ0n) is 14.3. The predicted octanol–water partition coefficient (Wildman–Crippen LogP) is 4.20. The molecule has 0 aliphatic rings. The van der Waals surface area contributed by atoms with Gasteiger partial charge in [0.05, 0.1) is 6.42 Å². The number of hydrogen-bond donors (Lipinski definition) is 1. The number of hydrogen-bond acceptors (Lipinski definition) is 1. The minimum atomic E-state index is 0.0723. The van der Waals surface area contributed by atoms with Gasteiger partial charge in [-0.2, -0.15) is 0 Å². The molecule has 126 valence electrons. The van der Waals surface area contributed by atoms with Crippen LogP contribution in [0.2, 0.25) is 0 Å². The molecule has 0 aromatic heterocycles. The van der Waals surface area contributed by atoms with Gasteiger partial charge in [-0.05, 0) is 29.5 Å². The summed E-state index contributed by atoms with van der Waals surface area (Å²) in [6.45, 7) is 0. The average Bonchev–Trinajstić information content (AvgIpc) is 2.64. The molecule has 0 aliphatic heterocycles. The number of carbonyl (C=O) groups is 1. The molecule has 0 heterocycles. The minimum Gasteiger partial charge on any atom is -0.352 e.